The van der Waals surface area contributed by atoms with Gasteiger partial charge in [0.05, 0.1) is 49.1 Å². The van der Waals surface area contributed by atoms with Gasteiger partial charge in [0.2, 0.25) is 0 Å². The van der Waals surface area contributed by atoms with Crippen molar-refractivity contribution < 1.29 is 13.0 Å². The minimum atomic E-state index is -4.39. The topological polar surface area (TPSA) is 90.0 Å². The van der Waals surface area contributed by atoms with Gasteiger partial charge in [-0.2, -0.15) is 18.6 Å². The van der Waals surface area contributed by atoms with Crippen LogP contribution in [0.2, 0.25) is 20.1 Å². The van der Waals surface area contributed by atoms with E-state index < -0.39 is 10.1 Å². The predicted molar refractivity (Wildman–Crippen MR) is 205 cm³/mol. The summed E-state index contributed by atoms with van der Waals surface area (Å²) in [5.41, 5.74) is 11.0. The molecule has 0 spiro atoms. The van der Waals surface area contributed by atoms with E-state index in [0.29, 0.717) is 37.8 Å². The molecule has 0 aliphatic heterocycles. The van der Waals surface area contributed by atoms with Crippen molar-refractivity contribution in [2.24, 2.45) is 0 Å². The molecular weight excluding hydrogens is 746 g/mol. The number of halogens is 4. The summed E-state index contributed by atoms with van der Waals surface area (Å²) in [5, 5.41) is 11.9. The average molecular weight is 775 g/mol. The van der Waals surface area contributed by atoms with Crippen molar-refractivity contribution >= 4 is 68.7 Å². The third-order valence-electron chi connectivity index (χ3n) is 9.24. The van der Waals surface area contributed by atoms with E-state index in [1.165, 1.54) is 23.3 Å². The van der Waals surface area contributed by atoms with Gasteiger partial charge in [-0.1, -0.05) is 88.9 Å². The highest BCUT2D eigenvalue weighted by atomic mass is 35.5. The lowest BCUT2D eigenvalue weighted by Crippen LogP contribution is -2.02. The molecule has 0 saturated carbocycles. The summed E-state index contributed by atoms with van der Waals surface area (Å²) >= 11 is 25.6. The molecule has 51 heavy (non-hydrogen) atoms. The normalized spacial score (nSPS) is 13.3. The fraction of sp³-hybridized carbons (Fsp3) is 0.128. The Bertz CT molecular complexity index is 2550. The summed E-state index contributed by atoms with van der Waals surface area (Å²) < 4.78 is 37.3. The van der Waals surface area contributed by atoms with E-state index in [1.807, 2.05) is 29.0 Å². The Labute approximate surface area is 315 Å². The smallest absolute Gasteiger partial charge is 0.282 e. The Morgan fingerprint density at radius 1 is 0.667 bits per heavy atom. The summed E-state index contributed by atoms with van der Waals surface area (Å²) in [6.07, 6.45) is 12.3. The van der Waals surface area contributed by atoms with Crippen molar-refractivity contribution in [2.75, 3.05) is 0 Å². The summed E-state index contributed by atoms with van der Waals surface area (Å²) in [7, 11) is -4.39. The van der Waals surface area contributed by atoms with Crippen molar-refractivity contribution in [3.63, 3.8) is 0 Å². The second-order valence-electron chi connectivity index (χ2n) is 12.5. The lowest BCUT2D eigenvalue weighted by atomic mass is 10.1. The van der Waals surface area contributed by atoms with E-state index in [-0.39, 0.29) is 4.90 Å². The quantitative estimate of drug-likeness (QED) is 0.116. The minimum absolute atomic E-state index is 0.177. The molecule has 256 valence electrons. The third-order valence-corrected chi connectivity index (χ3v) is 11.2. The first-order valence-corrected chi connectivity index (χ1v) is 19.2. The van der Waals surface area contributed by atoms with Crippen LogP contribution in [0.5, 0.6) is 0 Å². The molecule has 0 atom stereocenters. The van der Waals surface area contributed by atoms with E-state index in [2.05, 4.69) is 36.4 Å². The van der Waals surface area contributed by atoms with E-state index in [0.717, 1.165) is 70.8 Å². The molecule has 7 nitrogen and oxygen atoms in total. The molecule has 2 aromatic heterocycles. The summed E-state index contributed by atoms with van der Waals surface area (Å²) in [5.74, 6) is 0. The molecule has 0 saturated heterocycles. The van der Waals surface area contributed by atoms with Crippen molar-refractivity contribution in [2.45, 2.75) is 37.0 Å². The van der Waals surface area contributed by atoms with Gasteiger partial charge in [0.25, 0.3) is 10.1 Å². The fourth-order valence-corrected chi connectivity index (χ4v) is 8.36. The highest BCUT2D eigenvalue weighted by molar-refractivity contribution is 7.85. The standard InChI is InChI=1S/C39H28Cl4N4O3S/c40-25-13-16-36(32(42)20-25)46-38-28-9-7-6-8-23(28)18-30(38)34(44-46)10-4-2-1-3-5-11-35-31-19-24-12-15-27(51(48,49)50)22-29(24)39(31)47(45-35)37-17-14-26(41)21-33(37)43/h4-17,20-22H,1-3,18-19H2,(H,48,49,50). The number of aromatic nitrogens is 4. The maximum absolute atomic E-state index is 12.0. The Morgan fingerprint density at radius 3 is 1.75 bits per heavy atom. The van der Waals surface area contributed by atoms with Crippen molar-refractivity contribution in [1.82, 2.24) is 19.6 Å². The van der Waals surface area contributed by atoms with Gasteiger partial charge >= 0.3 is 0 Å². The number of fused-ring (bicyclic) bond motifs is 6. The zero-order valence-electron chi connectivity index (χ0n) is 26.8. The monoisotopic (exact) mass is 772 g/mol. The molecule has 4 aromatic carbocycles. The van der Waals surface area contributed by atoms with Gasteiger partial charge in [-0.25, -0.2) is 9.36 Å². The molecule has 0 unspecified atom stereocenters. The van der Waals surface area contributed by atoms with Crippen LogP contribution in [0.4, 0.5) is 0 Å². The maximum Gasteiger partial charge on any atom is 0.294 e. The van der Waals surface area contributed by atoms with Crippen LogP contribution in [-0.2, 0) is 23.0 Å². The highest BCUT2D eigenvalue weighted by Crippen LogP contribution is 2.43. The fourth-order valence-electron chi connectivity index (χ4n) is 6.88. The van der Waals surface area contributed by atoms with Crippen LogP contribution in [-0.4, -0.2) is 32.5 Å². The number of hydrogen-bond acceptors (Lipinski definition) is 4. The summed E-state index contributed by atoms with van der Waals surface area (Å²) in [6.45, 7) is 0. The molecule has 12 heteroatoms. The Hall–Kier alpha value is -4.15. The average Bonchev–Trinajstić information content (AvgIpc) is 3.83. The van der Waals surface area contributed by atoms with Crippen LogP contribution in [0.1, 0.15) is 52.9 Å². The van der Waals surface area contributed by atoms with Crippen LogP contribution in [0, 0.1) is 0 Å². The third kappa shape index (κ3) is 6.35. The van der Waals surface area contributed by atoms with E-state index in [4.69, 9.17) is 56.6 Å². The van der Waals surface area contributed by atoms with Gasteiger partial charge in [-0.3, -0.25) is 4.55 Å². The molecule has 0 amide bonds. The van der Waals surface area contributed by atoms with Gasteiger partial charge in [0.15, 0.2) is 0 Å². The predicted octanol–water partition coefficient (Wildman–Crippen LogP) is 11.0. The van der Waals surface area contributed by atoms with Gasteiger partial charge in [-0.05, 0) is 91.1 Å². The largest absolute Gasteiger partial charge is 0.294 e. The molecule has 8 rings (SSSR count). The number of nitrogens with zero attached hydrogens (tertiary/aromatic N) is 4. The van der Waals surface area contributed by atoms with Crippen molar-refractivity contribution in [1.29, 1.82) is 0 Å². The minimum Gasteiger partial charge on any atom is -0.282 e. The lowest BCUT2D eigenvalue weighted by Gasteiger charge is -2.10. The molecule has 0 bridgehead atoms. The Morgan fingerprint density at radius 2 is 1.20 bits per heavy atom. The zero-order valence-corrected chi connectivity index (χ0v) is 30.7. The number of benzene rings is 4. The molecule has 2 aliphatic carbocycles. The van der Waals surface area contributed by atoms with Crippen molar-refractivity contribution in [3.05, 3.63) is 145 Å². The first-order chi connectivity index (χ1) is 24.6. The van der Waals surface area contributed by atoms with Gasteiger partial charge < -0.3 is 0 Å². The summed E-state index contributed by atoms with van der Waals surface area (Å²) in [4.78, 5) is -0.177. The Kier molecular flexibility index (Phi) is 8.95. The van der Waals surface area contributed by atoms with Crippen LogP contribution in [0.15, 0.2) is 95.9 Å². The van der Waals surface area contributed by atoms with E-state index in [9.17, 15) is 13.0 Å². The number of rotatable bonds is 9. The number of unbranched alkanes of at least 4 members (excludes halogenated alkanes) is 2. The maximum atomic E-state index is 12.0. The second kappa shape index (κ2) is 13.4. The molecule has 2 heterocycles. The lowest BCUT2D eigenvalue weighted by molar-refractivity contribution is 0.483. The number of hydrogen-bond donors (Lipinski definition) is 1. The van der Waals surface area contributed by atoms with Crippen LogP contribution < -0.4 is 0 Å². The Balaban J connectivity index is 1.02. The van der Waals surface area contributed by atoms with Crippen LogP contribution >= 0.6 is 46.4 Å². The van der Waals surface area contributed by atoms with E-state index in [1.54, 1.807) is 35.0 Å². The van der Waals surface area contributed by atoms with Crippen molar-refractivity contribution in [3.8, 4) is 33.9 Å². The molecule has 0 radical (unpaired) electrons. The van der Waals surface area contributed by atoms with Crippen LogP contribution in [0.25, 0.3) is 46.0 Å². The van der Waals surface area contributed by atoms with Gasteiger partial charge in [-0.15, -0.1) is 0 Å². The zero-order chi connectivity index (χ0) is 35.4. The molecule has 2 aliphatic rings. The highest BCUT2D eigenvalue weighted by Gasteiger charge is 2.30. The van der Waals surface area contributed by atoms with Gasteiger partial charge in [0.1, 0.15) is 0 Å². The molecular formula is C39H28Cl4N4O3S. The second-order valence-corrected chi connectivity index (χ2v) is 15.6. The molecule has 6 aromatic rings. The molecule has 0 fully saturated rings. The first-order valence-electron chi connectivity index (χ1n) is 16.2. The van der Waals surface area contributed by atoms with Crippen LogP contribution in [0.3, 0.4) is 0 Å². The first kappa shape index (κ1) is 34.0. The summed E-state index contributed by atoms with van der Waals surface area (Å²) in [6, 6.07) is 23.6. The van der Waals surface area contributed by atoms with E-state index >= 15 is 0 Å². The molecule has 1 N–H and O–H groups in total. The van der Waals surface area contributed by atoms with Gasteiger partial charge in [0, 0.05) is 45.1 Å². The number of allylic oxidation sites excluding steroid dienone is 2. The SMILES string of the molecule is O=S(=O)(O)c1ccc2c(c1)-c1c(c(C=CCCCC=Cc3nn(-c4ccc(Cl)cc4Cl)c4c3Cc3ccccc3-4)nn1-c1ccc(Cl)cc1Cl)C2.